The number of para-hydroxylation sites is 1. The summed E-state index contributed by atoms with van der Waals surface area (Å²) in [7, 11) is 0. The molecule has 0 saturated heterocycles. The van der Waals surface area contributed by atoms with Gasteiger partial charge in [0.1, 0.15) is 17.8 Å². The second kappa shape index (κ2) is 5.11. The molecular weight excluding hydrogens is 276 g/mol. The van der Waals surface area contributed by atoms with Crippen molar-refractivity contribution in [1.29, 1.82) is 0 Å². The van der Waals surface area contributed by atoms with Gasteiger partial charge in [0, 0.05) is 11.6 Å². The molecule has 0 amide bonds. The Hall–Kier alpha value is -2.95. The van der Waals surface area contributed by atoms with E-state index < -0.39 is 0 Å². The van der Waals surface area contributed by atoms with Crippen molar-refractivity contribution in [3.8, 4) is 11.3 Å². The lowest BCUT2D eigenvalue weighted by Crippen LogP contribution is -2.00. The number of nitrogens with zero attached hydrogens (tertiary/aromatic N) is 4. The summed E-state index contributed by atoms with van der Waals surface area (Å²) >= 11 is 0. The van der Waals surface area contributed by atoms with Crippen molar-refractivity contribution in [1.82, 2.24) is 20.2 Å². The van der Waals surface area contributed by atoms with E-state index in [-0.39, 0.29) is 0 Å². The summed E-state index contributed by atoms with van der Waals surface area (Å²) in [5, 5.41) is 12.4. The van der Waals surface area contributed by atoms with Crippen LogP contribution in [0, 0.1) is 6.92 Å². The summed E-state index contributed by atoms with van der Waals surface area (Å²) < 4.78 is 7.25. The number of hydrogen-bond acceptors (Lipinski definition) is 4. The second-order valence-electron chi connectivity index (χ2n) is 5.28. The zero-order chi connectivity index (χ0) is 14.9. The molecule has 4 aromatic rings. The lowest BCUT2D eigenvalue weighted by molar-refractivity contribution is 0.373. The Labute approximate surface area is 127 Å². The van der Waals surface area contributed by atoms with Gasteiger partial charge in [0.15, 0.2) is 5.76 Å². The fourth-order valence-corrected chi connectivity index (χ4v) is 2.43. The normalized spacial score (nSPS) is 11.1. The van der Waals surface area contributed by atoms with Crippen LogP contribution in [0.25, 0.3) is 22.3 Å². The van der Waals surface area contributed by atoms with Gasteiger partial charge in [-0.25, -0.2) is 4.68 Å². The van der Waals surface area contributed by atoms with Crippen LogP contribution in [0.2, 0.25) is 0 Å². The maximum Gasteiger partial charge on any atom is 0.158 e. The molecule has 2 heterocycles. The van der Waals surface area contributed by atoms with Gasteiger partial charge < -0.3 is 4.52 Å². The number of aromatic nitrogens is 4. The summed E-state index contributed by atoms with van der Waals surface area (Å²) in [5.74, 6) is 0.756. The third-order valence-electron chi connectivity index (χ3n) is 3.63. The predicted molar refractivity (Wildman–Crippen MR) is 83.3 cm³/mol. The van der Waals surface area contributed by atoms with Gasteiger partial charge in [-0.3, -0.25) is 0 Å². The molecule has 0 radical (unpaired) electrons. The Bertz CT molecular complexity index is 921. The molecule has 0 bridgehead atoms. The van der Waals surface area contributed by atoms with Crippen molar-refractivity contribution in [2.24, 2.45) is 0 Å². The summed E-state index contributed by atoms with van der Waals surface area (Å²) in [4.78, 5) is 0. The van der Waals surface area contributed by atoms with Crippen LogP contribution in [-0.2, 0) is 6.54 Å². The van der Waals surface area contributed by atoms with Crippen LogP contribution >= 0.6 is 0 Å². The highest BCUT2D eigenvalue weighted by Gasteiger charge is 2.10. The lowest BCUT2D eigenvalue weighted by atomic mass is 10.1. The molecule has 0 unspecified atom stereocenters. The Kier molecular flexibility index (Phi) is 2.96. The standard InChI is InChI=1S/C17H14N4O/c1-12-6-8-13(9-7-12)16-10-14(22-19-16)11-21-17-5-3-2-4-15(17)18-20-21/h2-10H,11H2,1H3. The van der Waals surface area contributed by atoms with Gasteiger partial charge in [-0.1, -0.05) is 52.3 Å². The average molecular weight is 290 g/mol. The van der Waals surface area contributed by atoms with Gasteiger partial charge in [0.25, 0.3) is 0 Å². The molecule has 0 spiro atoms. The van der Waals surface area contributed by atoms with Gasteiger partial charge >= 0.3 is 0 Å². The molecule has 0 fully saturated rings. The molecule has 0 N–H and O–H groups in total. The van der Waals surface area contributed by atoms with Crippen LogP contribution in [0.3, 0.4) is 0 Å². The topological polar surface area (TPSA) is 56.7 Å². The van der Waals surface area contributed by atoms with Crippen molar-refractivity contribution in [2.75, 3.05) is 0 Å². The molecule has 2 aromatic heterocycles. The zero-order valence-electron chi connectivity index (χ0n) is 12.1. The van der Waals surface area contributed by atoms with Crippen LogP contribution in [0.15, 0.2) is 59.1 Å². The fourth-order valence-electron chi connectivity index (χ4n) is 2.43. The first kappa shape index (κ1) is 12.8. The zero-order valence-corrected chi connectivity index (χ0v) is 12.1. The maximum atomic E-state index is 5.43. The van der Waals surface area contributed by atoms with Crippen molar-refractivity contribution < 1.29 is 4.52 Å². The summed E-state index contributed by atoms with van der Waals surface area (Å²) in [6.07, 6.45) is 0. The van der Waals surface area contributed by atoms with Gasteiger partial charge in [0.05, 0.1) is 5.52 Å². The minimum absolute atomic E-state index is 0.513. The minimum Gasteiger partial charge on any atom is -0.359 e. The van der Waals surface area contributed by atoms with E-state index >= 15 is 0 Å². The maximum absolute atomic E-state index is 5.43. The lowest BCUT2D eigenvalue weighted by Gasteiger charge is -1.97. The fraction of sp³-hybridized carbons (Fsp3) is 0.118. The molecule has 22 heavy (non-hydrogen) atoms. The second-order valence-corrected chi connectivity index (χ2v) is 5.28. The Morgan fingerprint density at radius 2 is 1.86 bits per heavy atom. The molecule has 0 aliphatic heterocycles. The van der Waals surface area contributed by atoms with Crippen LogP contribution in [0.1, 0.15) is 11.3 Å². The summed E-state index contributed by atoms with van der Waals surface area (Å²) in [5.41, 5.74) is 4.96. The van der Waals surface area contributed by atoms with E-state index in [0.717, 1.165) is 28.1 Å². The predicted octanol–water partition coefficient (Wildman–Crippen LogP) is 3.44. The van der Waals surface area contributed by atoms with E-state index in [1.165, 1.54) is 5.56 Å². The molecule has 0 aliphatic carbocycles. The highest BCUT2D eigenvalue weighted by molar-refractivity contribution is 5.73. The highest BCUT2D eigenvalue weighted by atomic mass is 16.5. The van der Waals surface area contributed by atoms with Gasteiger partial charge in [-0.15, -0.1) is 5.10 Å². The number of rotatable bonds is 3. The summed E-state index contributed by atoms with van der Waals surface area (Å²) in [6.45, 7) is 2.58. The van der Waals surface area contributed by atoms with E-state index in [0.29, 0.717) is 6.54 Å². The highest BCUT2D eigenvalue weighted by Crippen LogP contribution is 2.20. The number of benzene rings is 2. The Morgan fingerprint density at radius 1 is 1.05 bits per heavy atom. The molecule has 5 nitrogen and oxygen atoms in total. The Morgan fingerprint density at radius 3 is 2.73 bits per heavy atom. The van der Waals surface area contributed by atoms with E-state index in [2.05, 4.69) is 34.5 Å². The SMILES string of the molecule is Cc1ccc(-c2cc(Cn3nnc4ccccc43)on2)cc1. The largest absolute Gasteiger partial charge is 0.359 e. The number of fused-ring (bicyclic) bond motifs is 1. The minimum atomic E-state index is 0.513. The first-order valence-corrected chi connectivity index (χ1v) is 7.10. The Balaban J connectivity index is 1.63. The van der Waals surface area contributed by atoms with Crippen molar-refractivity contribution in [3.05, 3.63) is 65.9 Å². The summed E-state index contributed by atoms with van der Waals surface area (Å²) in [6, 6.07) is 18.0. The van der Waals surface area contributed by atoms with Gasteiger partial charge in [-0.05, 0) is 19.1 Å². The van der Waals surface area contributed by atoms with Crippen LogP contribution in [0.5, 0.6) is 0 Å². The van der Waals surface area contributed by atoms with Crippen molar-refractivity contribution in [2.45, 2.75) is 13.5 Å². The molecule has 0 saturated carbocycles. The molecule has 0 aliphatic rings. The van der Waals surface area contributed by atoms with Crippen LogP contribution in [-0.4, -0.2) is 20.2 Å². The van der Waals surface area contributed by atoms with Gasteiger partial charge in [0.2, 0.25) is 0 Å². The molecule has 108 valence electrons. The molecule has 0 atom stereocenters. The third-order valence-corrected chi connectivity index (χ3v) is 3.63. The van der Waals surface area contributed by atoms with Crippen molar-refractivity contribution >= 4 is 11.0 Å². The molecule has 2 aromatic carbocycles. The number of aryl methyl sites for hydroxylation is 1. The van der Waals surface area contributed by atoms with E-state index in [1.807, 2.05) is 47.1 Å². The van der Waals surface area contributed by atoms with Crippen LogP contribution < -0.4 is 0 Å². The first-order valence-electron chi connectivity index (χ1n) is 7.10. The smallest absolute Gasteiger partial charge is 0.158 e. The van der Waals surface area contributed by atoms with Crippen molar-refractivity contribution in [3.63, 3.8) is 0 Å². The first-order chi connectivity index (χ1) is 10.8. The van der Waals surface area contributed by atoms with E-state index in [1.54, 1.807) is 0 Å². The van der Waals surface area contributed by atoms with E-state index in [4.69, 9.17) is 4.52 Å². The van der Waals surface area contributed by atoms with Gasteiger partial charge in [-0.2, -0.15) is 0 Å². The average Bonchev–Trinajstić information content (AvgIpc) is 3.16. The third kappa shape index (κ3) is 2.26. The quantitative estimate of drug-likeness (QED) is 0.580. The monoisotopic (exact) mass is 290 g/mol. The molecule has 4 rings (SSSR count). The van der Waals surface area contributed by atoms with E-state index in [9.17, 15) is 0 Å². The molecular formula is C17H14N4O. The number of hydrogen-bond donors (Lipinski definition) is 0. The molecule has 5 heteroatoms. The van der Waals surface area contributed by atoms with Crippen LogP contribution in [0.4, 0.5) is 0 Å².